The quantitative estimate of drug-likeness (QED) is 0.808. The van der Waals surface area contributed by atoms with Crippen LogP contribution < -0.4 is 0 Å². The van der Waals surface area contributed by atoms with Crippen molar-refractivity contribution in [3.05, 3.63) is 42.6 Å². The number of nitrogens with one attached hydrogen (secondary N) is 1. The van der Waals surface area contributed by atoms with Crippen molar-refractivity contribution in [2.24, 2.45) is 0 Å². The molecule has 8 heteroatoms. The van der Waals surface area contributed by atoms with Gasteiger partial charge >= 0.3 is 0 Å². The first kappa shape index (κ1) is 15.6. The summed E-state index contributed by atoms with van der Waals surface area (Å²) in [6.45, 7) is 1.31. The molecule has 0 aliphatic rings. The van der Waals surface area contributed by atoms with E-state index in [2.05, 4.69) is 15.0 Å². The van der Waals surface area contributed by atoms with Crippen LogP contribution >= 0.6 is 0 Å². The lowest BCUT2D eigenvalue weighted by Gasteiger charge is -2.23. The van der Waals surface area contributed by atoms with Gasteiger partial charge in [-0.1, -0.05) is 6.07 Å². The van der Waals surface area contributed by atoms with Crippen molar-refractivity contribution in [1.29, 1.82) is 0 Å². The molecule has 0 atom stereocenters. The van der Waals surface area contributed by atoms with E-state index >= 15 is 0 Å². The topological polar surface area (TPSA) is 82.2 Å². The molecule has 0 amide bonds. The molecule has 0 aromatic carbocycles. The van der Waals surface area contributed by atoms with Crippen molar-refractivity contribution >= 4 is 10.0 Å². The van der Waals surface area contributed by atoms with E-state index < -0.39 is 10.0 Å². The highest BCUT2D eigenvalue weighted by Gasteiger charge is 2.25. The average molecular weight is 309 g/mol. The summed E-state index contributed by atoms with van der Waals surface area (Å²) in [6, 6.07) is 3.65. The van der Waals surface area contributed by atoms with Gasteiger partial charge in [0.25, 0.3) is 10.0 Å². The lowest BCUT2D eigenvalue weighted by molar-refractivity contribution is 0.328. The Hall–Kier alpha value is -1.77. The van der Waals surface area contributed by atoms with E-state index in [1.807, 2.05) is 25.1 Å². The molecule has 114 valence electrons. The van der Waals surface area contributed by atoms with Crippen LogP contribution in [-0.4, -0.2) is 59.8 Å². The molecule has 1 N–H and O–H groups in total. The summed E-state index contributed by atoms with van der Waals surface area (Å²) in [4.78, 5) is 12.4. The Bertz CT molecular complexity index is 640. The zero-order chi connectivity index (χ0) is 15.3. The molecule has 0 radical (unpaired) electrons. The summed E-state index contributed by atoms with van der Waals surface area (Å²) in [5.41, 5.74) is 0.847. The predicted octanol–water partition coefficient (Wildman–Crippen LogP) is 0.557. The number of rotatable bonds is 7. The minimum Gasteiger partial charge on any atom is -0.335 e. The van der Waals surface area contributed by atoms with Crippen LogP contribution in [0, 0.1) is 0 Å². The number of aromatic amines is 1. The molecule has 0 unspecified atom stereocenters. The Morgan fingerprint density at radius 1 is 1.19 bits per heavy atom. The third kappa shape index (κ3) is 4.10. The van der Waals surface area contributed by atoms with E-state index in [1.165, 1.54) is 16.8 Å². The minimum absolute atomic E-state index is 0.102. The van der Waals surface area contributed by atoms with Crippen LogP contribution in [0.25, 0.3) is 0 Å². The van der Waals surface area contributed by atoms with Gasteiger partial charge in [-0.15, -0.1) is 0 Å². The number of nitrogens with zero attached hydrogens (tertiary/aromatic N) is 4. The van der Waals surface area contributed by atoms with E-state index in [0.717, 1.165) is 5.56 Å². The molecular formula is C13H19N5O2S. The minimum atomic E-state index is -3.59. The number of aromatic nitrogens is 3. The van der Waals surface area contributed by atoms with Gasteiger partial charge in [0.15, 0.2) is 5.03 Å². The number of likely N-dealkylation sites (N-methyl/N-ethyl adjacent to an activating group) is 1. The zero-order valence-corrected chi connectivity index (χ0v) is 12.9. The average Bonchev–Trinajstić information content (AvgIpc) is 2.99. The smallest absolute Gasteiger partial charge is 0.260 e. The SMILES string of the molecule is CN(C)CCN(Cc1cccnc1)S(=O)(=O)c1cnc[nH]1. The van der Waals surface area contributed by atoms with Crippen LogP contribution in [0.4, 0.5) is 0 Å². The van der Waals surface area contributed by atoms with Gasteiger partial charge < -0.3 is 9.88 Å². The van der Waals surface area contributed by atoms with Crippen molar-refractivity contribution in [2.45, 2.75) is 11.6 Å². The van der Waals surface area contributed by atoms with Crippen LogP contribution in [0.3, 0.4) is 0 Å². The van der Waals surface area contributed by atoms with Crippen LogP contribution in [-0.2, 0) is 16.6 Å². The number of H-pyrrole nitrogens is 1. The fourth-order valence-electron chi connectivity index (χ4n) is 1.81. The maximum atomic E-state index is 12.6. The lowest BCUT2D eigenvalue weighted by atomic mass is 10.3. The second kappa shape index (κ2) is 6.79. The van der Waals surface area contributed by atoms with E-state index in [4.69, 9.17) is 0 Å². The fraction of sp³-hybridized carbons (Fsp3) is 0.385. The summed E-state index contributed by atoms with van der Waals surface area (Å²) in [6.07, 6.45) is 6.02. The van der Waals surface area contributed by atoms with E-state index in [-0.39, 0.29) is 11.6 Å². The third-order valence-electron chi connectivity index (χ3n) is 2.97. The number of imidazole rings is 1. The van der Waals surface area contributed by atoms with Crippen molar-refractivity contribution in [1.82, 2.24) is 24.2 Å². The third-order valence-corrected chi connectivity index (χ3v) is 4.74. The summed E-state index contributed by atoms with van der Waals surface area (Å²) < 4.78 is 26.7. The number of pyridine rings is 1. The van der Waals surface area contributed by atoms with E-state index in [0.29, 0.717) is 13.1 Å². The summed E-state index contributed by atoms with van der Waals surface area (Å²) >= 11 is 0. The van der Waals surface area contributed by atoms with Gasteiger partial charge in [-0.05, 0) is 25.7 Å². The van der Waals surface area contributed by atoms with Crippen molar-refractivity contribution < 1.29 is 8.42 Å². The van der Waals surface area contributed by atoms with Crippen molar-refractivity contribution in [2.75, 3.05) is 27.2 Å². The van der Waals surface area contributed by atoms with Crippen molar-refractivity contribution in [3.8, 4) is 0 Å². The lowest BCUT2D eigenvalue weighted by Crippen LogP contribution is -2.36. The number of hydrogen-bond acceptors (Lipinski definition) is 5. The molecule has 0 bridgehead atoms. The molecule has 0 saturated carbocycles. The molecule has 0 aliphatic heterocycles. The first-order chi connectivity index (χ1) is 10.00. The standard InChI is InChI=1S/C13H19N5O2S/c1-17(2)6-7-18(10-12-4-3-5-14-8-12)21(19,20)13-9-15-11-16-13/h3-5,8-9,11H,6-7,10H2,1-2H3,(H,15,16). The first-order valence-electron chi connectivity index (χ1n) is 6.52. The van der Waals surface area contributed by atoms with Gasteiger partial charge in [-0.3, -0.25) is 4.98 Å². The Morgan fingerprint density at radius 3 is 2.57 bits per heavy atom. The number of sulfonamides is 1. The maximum Gasteiger partial charge on any atom is 0.260 e. The second-order valence-corrected chi connectivity index (χ2v) is 6.83. The molecule has 21 heavy (non-hydrogen) atoms. The van der Waals surface area contributed by atoms with Gasteiger partial charge in [-0.2, -0.15) is 4.31 Å². The molecule has 0 saturated heterocycles. The van der Waals surface area contributed by atoms with Gasteiger partial charge in [0.2, 0.25) is 0 Å². The second-order valence-electron chi connectivity index (χ2n) is 4.92. The Labute approximate surface area is 124 Å². The molecule has 2 rings (SSSR count). The summed E-state index contributed by atoms with van der Waals surface area (Å²) in [5, 5.41) is 0.102. The highest BCUT2D eigenvalue weighted by Crippen LogP contribution is 2.15. The molecule has 0 aliphatic carbocycles. The fourth-order valence-corrected chi connectivity index (χ4v) is 3.13. The predicted molar refractivity (Wildman–Crippen MR) is 79.0 cm³/mol. The molecule has 7 nitrogen and oxygen atoms in total. The Kier molecular flexibility index (Phi) is 5.05. The van der Waals surface area contributed by atoms with Crippen LogP contribution in [0.2, 0.25) is 0 Å². The van der Waals surface area contributed by atoms with Gasteiger partial charge in [0.1, 0.15) is 0 Å². The largest absolute Gasteiger partial charge is 0.335 e. The molecule has 0 fully saturated rings. The normalized spacial score (nSPS) is 12.2. The molecule has 2 aromatic rings. The van der Waals surface area contributed by atoms with Crippen molar-refractivity contribution in [3.63, 3.8) is 0 Å². The monoisotopic (exact) mass is 309 g/mol. The zero-order valence-electron chi connectivity index (χ0n) is 12.1. The van der Waals surface area contributed by atoms with Crippen LogP contribution in [0.15, 0.2) is 42.1 Å². The highest BCUT2D eigenvalue weighted by atomic mass is 32.2. The Balaban J connectivity index is 2.23. The van der Waals surface area contributed by atoms with Gasteiger partial charge in [0, 0.05) is 32.0 Å². The molecule has 2 aromatic heterocycles. The Morgan fingerprint density at radius 2 is 2.00 bits per heavy atom. The van der Waals surface area contributed by atoms with Crippen LogP contribution in [0.1, 0.15) is 5.56 Å². The molecular weight excluding hydrogens is 290 g/mol. The van der Waals surface area contributed by atoms with Gasteiger partial charge in [-0.25, -0.2) is 13.4 Å². The highest BCUT2D eigenvalue weighted by molar-refractivity contribution is 7.89. The summed E-state index contributed by atoms with van der Waals surface area (Å²) in [7, 11) is 0.225. The molecule has 0 spiro atoms. The van der Waals surface area contributed by atoms with Gasteiger partial charge in [0.05, 0.1) is 12.5 Å². The first-order valence-corrected chi connectivity index (χ1v) is 7.96. The van der Waals surface area contributed by atoms with E-state index in [9.17, 15) is 8.42 Å². The van der Waals surface area contributed by atoms with Crippen LogP contribution in [0.5, 0.6) is 0 Å². The van der Waals surface area contributed by atoms with E-state index in [1.54, 1.807) is 18.5 Å². The summed E-state index contributed by atoms with van der Waals surface area (Å²) in [5.74, 6) is 0. The molecule has 2 heterocycles. The maximum absolute atomic E-state index is 12.6. The number of hydrogen-bond donors (Lipinski definition) is 1.